The number of nitrogens with zero attached hydrogens (tertiary/aromatic N) is 3. The Kier molecular flexibility index (Phi) is 7.98. The lowest BCUT2D eigenvalue weighted by atomic mass is 10.2. The molecular formula is C23H23Cl3N4O3S. The smallest absolute Gasteiger partial charge is 0.260 e. The number of anilines is 1. The van der Waals surface area contributed by atoms with Gasteiger partial charge in [0.25, 0.3) is 5.91 Å². The van der Waals surface area contributed by atoms with Crippen LogP contribution in [0.4, 0.5) is 5.69 Å². The second-order valence-corrected chi connectivity index (χ2v) is 10.9. The number of hydrogen-bond donors (Lipinski definition) is 1. The number of sulfonamides is 1. The first-order valence-electron chi connectivity index (χ1n) is 10.1. The van der Waals surface area contributed by atoms with Gasteiger partial charge in [-0.3, -0.25) is 9.10 Å². The number of hydrogen-bond acceptors (Lipinski definition) is 4. The molecule has 7 nitrogen and oxygen atoms in total. The molecule has 3 aromatic rings. The Hall–Kier alpha value is -2.52. The molecule has 1 amide bonds. The summed E-state index contributed by atoms with van der Waals surface area (Å²) in [5, 5.41) is 5.25. The predicted octanol–water partition coefficient (Wildman–Crippen LogP) is 5.28. The maximum atomic E-state index is 12.5. The lowest BCUT2D eigenvalue weighted by Gasteiger charge is -2.23. The molecule has 0 saturated carbocycles. The fourth-order valence-electron chi connectivity index (χ4n) is 3.53. The molecule has 0 aliphatic heterocycles. The Morgan fingerprint density at radius 2 is 1.82 bits per heavy atom. The van der Waals surface area contributed by atoms with Gasteiger partial charge in [0, 0.05) is 22.0 Å². The summed E-state index contributed by atoms with van der Waals surface area (Å²) in [5.74, 6) is -0.604. The third kappa shape index (κ3) is 5.75. The number of hydrazone groups is 1. The summed E-state index contributed by atoms with van der Waals surface area (Å²) in [5.41, 5.74) is 6.60. The van der Waals surface area contributed by atoms with E-state index in [1.165, 1.54) is 12.3 Å². The predicted molar refractivity (Wildman–Crippen MR) is 139 cm³/mol. The van der Waals surface area contributed by atoms with Gasteiger partial charge in [-0.15, -0.1) is 0 Å². The monoisotopic (exact) mass is 540 g/mol. The minimum absolute atomic E-state index is 0.330. The number of amides is 1. The number of aromatic nitrogens is 1. The molecule has 2 aromatic carbocycles. The van der Waals surface area contributed by atoms with Gasteiger partial charge in [0.05, 0.1) is 33.9 Å². The van der Waals surface area contributed by atoms with Crippen molar-refractivity contribution in [3.63, 3.8) is 0 Å². The number of halogens is 3. The summed E-state index contributed by atoms with van der Waals surface area (Å²) in [4.78, 5) is 12.5. The van der Waals surface area contributed by atoms with E-state index in [0.29, 0.717) is 26.3 Å². The Morgan fingerprint density at radius 1 is 1.12 bits per heavy atom. The summed E-state index contributed by atoms with van der Waals surface area (Å²) < 4.78 is 27.6. The van der Waals surface area contributed by atoms with Crippen LogP contribution in [-0.2, 0) is 14.8 Å². The van der Waals surface area contributed by atoms with Crippen LogP contribution in [0.2, 0.25) is 15.1 Å². The summed E-state index contributed by atoms with van der Waals surface area (Å²) in [6.07, 6.45) is 2.52. The highest BCUT2D eigenvalue weighted by molar-refractivity contribution is 7.92. The first kappa shape index (κ1) is 26.1. The van der Waals surface area contributed by atoms with Gasteiger partial charge in [0.2, 0.25) is 10.0 Å². The van der Waals surface area contributed by atoms with Gasteiger partial charge in [0.15, 0.2) is 0 Å². The van der Waals surface area contributed by atoms with E-state index >= 15 is 0 Å². The van der Waals surface area contributed by atoms with Crippen LogP contribution in [0.25, 0.3) is 5.69 Å². The van der Waals surface area contributed by atoms with Crippen LogP contribution in [0.5, 0.6) is 0 Å². The zero-order valence-electron chi connectivity index (χ0n) is 18.9. The number of nitrogens with one attached hydrogen (secondary N) is 1. The number of aryl methyl sites for hydroxylation is 2. The zero-order valence-corrected chi connectivity index (χ0v) is 22.0. The number of benzene rings is 2. The van der Waals surface area contributed by atoms with E-state index in [9.17, 15) is 13.2 Å². The van der Waals surface area contributed by atoms with E-state index in [2.05, 4.69) is 10.5 Å². The highest BCUT2D eigenvalue weighted by Crippen LogP contribution is 2.31. The third-order valence-electron chi connectivity index (χ3n) is 5.16. The van der Waals surface area contributed by atoms with E-state index in [4.69, 9.17) is 34.8 Å². The fraction of sp³-hybridized carbons (Fsp3) is 0.217. The van der Waals surface area contributed by atoms with Gasteiger partial charge in [-0.1, -0.05) is 46.9 Å². The Morgan fingerprint density at radius 3 is 2.50 bits per heavy atom. The zero-order chi connectivity index (χ0) is 25.2. The molecule has 0 saturated heterocycles. The summed E-state index contributed by atoms with van der Waals surface area (Å²) in [7, 11) is -3.74. The molecule has 34 heavy (non-hydrogen) atoms. The van der Waals surface area contributed by atoms with Crippen molar-refractivity contribution in [2.24, 2.45) is 5.10 Å². The highest BCUT2D eigenvalue weighted by atomic mass is 35.5. The topological polar surface area (TPSA) is 83.8 Å². The molecule has 0 radical (unpaired) electrons. The molecule has 1 N–H and O–H groups in total. The normalized spacial score (nSPS) is 11.7. The fourth-order valence-corrected chi connectivity index (χ4v) is 4.98. The van der Waals surface area contributed by atoms with Crippen LogP contribution in [0.3, 0.4) is 0 Å². The average Bonchev–Trinajstić information content (AvgIpc) is 3.02. The van der Waals surface area contributed by atoms with Gasteiger partial charge >= 0.3 is 0 Å². The largest absolute Gasteiger partial charge is 0.316 e. The molecule has 0 bridgehead atoms. The van der Waals surface area contributed by atoms with Crippen LogP contribution in [0.15, 0.2) is 47.6 Å². The number of carbonyl (C=O) groups excluding carboxylic acids is 1. The van der Waals surface area contributed by atoms with Crippen LogP contribution < -0.4 is 9.73 Å². The second-order valence-electron chi connectivity index (χ2n) is 7.73. The van der Waals surface area contributed by atoms with Gasteiger partial charge in [-0.05, 0) is 56.7 Å². The first-order valence-corrected chi connectivity index (χ1v) is 13.1. The molecule has 1 aromatic heterocycles. The first-order chi connectivity index (χ1) is 15.9. The van der Waals surface area contributed by atoms with Gasteiger partial charge in [-0.2, -0.15) is 5.10 Å². The van der Waals surface area contributed by atoms with Crippen molar-refractivity contribution in [2.75, 3.05) is 17.1 Å². The molecule has 0 atom stereocenters. The maximum absolute atomic E-state index is 12.5. The molecule has 0 fully saturated rings. The van der Waals surface area contributed by atoms with Crippen molar-refractivity contribution in [3.8, 4) is 5.69 Å². The SMILES string of the molecule is Cc1ccc(Cl)cc1N(CC(=O)N/N=C\c1cc(C)n(-c2cccc(Cl)c2Cl)c1C)S(C)(=O)=O. The van der Waals surface area contributed by atoms with Gasteiger partial charge < -0.3 is 4.57 Å². The van der Waals surface area contributed by atoms with Crippen molar-refractivity contribution < 1.29 is 13.2 Å². The summed E-state index contributed by atoms with van der Waals surface area (Å²) in [6, 6.07) is 12.1. The van der Waals surface area contributed by atoms with E-state index in [1.807, 2.05) is 36.6 Å². The van der Waals surface area contributed by atoms with Crippen LogP contribution >= 0.6 is 34.8 Å². The standard InChI is InChI=1S/C23H23Cl3N4O3S/c1-14-8-9-18(24)11-21(14)29(34(4,32)33)13-22(31)28-27-12-17-10-15(2)30(16(17)3)20-7-5-6-19(25)23(20)26/h5-12H,13H2,1-4H3,(H,28,31)/b27-12-. The number of carbonyl (C=O) groups is 1. The molecule has 0 spiro atoms. The van der Waals surface area contributed by atoms with Crippen molar-refractivity contribution in [3.05, 3.63) is 80.0 Å². The summed E-state index contributed by atoms with van der Waals surface area (Å²) in [6.45, 7) is 5.09. The second kappa shape index (κ2) is 10.4. The highest BCUT2D eigenvalue weighted by Gasteiger charge is 2.22. The lowest BCUT2D eigenvalue weighted by Crippen LogP contribution is -2.39. The Balaban J connectivity index is 1.79. The van der Waals surface area contributed by atoms with E-state index in [0.717, 1.165) is 33.2 Å². The molecule has 11 heteroatoms. The van der Waals surface area contributed by atoms with Crippen molar-refractivity contribution in [1.29, 1.82) is 0 Å². The maximum Gasteiger partial charge on any atom is 0.260 e. The minimum Gasteiger partial charge on any atom is -0.316 e. The van der Waals surface area contributed by atoms with Gasteiger partial charge in [-0.25, -0.2) is 13.8 Å². The molecule has 180 valence electrons. The molecule has 0 unspecified atom stereocenters. The molecule has 0 aliphatic rings. The van der Waals surface area contributed by atoms with Crippen molar-refractivity contribution in [2.45, 2.75) is 20.8 Å². The van der Waals surface area contributed by atoms with E-state index in [1.54, 1.807) is 25.1 Å². The Bertz CT molecular complexity index is 1380. The third-order valence-corrected chi connectivity index (χ3v) is 7.33. The lowest BCUT2D eigenvalue weighted by molar-refractivity contribution is -0.119. The quantitative estimate of drug-likeness (QED) is 0.326. The van der Waals surface area contributed by atoms with E-state index in [-0.39, 0.29) is 0 Å². The summed E-state index contributed by atoms with van der Waals surface area (Å²) >= 11 is 18.6. The van der Waals surface area contributed by atoms with Crippen molar-refractivity contribution >= 4 is 62.6 Å². The molecular weight excluding hydrogens is 519 g/mol. The number of rotatable bonds is 7. The Labute approximate surface area is 214 Å². The van der Waals surface area contributed by atoms with Crippen LogP contribution in [-0.4, -0.2) is 37.9 Å². The minimum atomic E-state index is -3.74. The van der Waals surface area contributed by atoms with E-state index < -0.39 is 22.5 Å². The van der Waals surface area contributed by atoms with Crippen molar-refractivity contribution in [1.82, 2.24) is 9.99 Å². The van der Waals surface area contributed by atoms with Crippen LogP contribution in [0, 0.1) is 20.8 Å². The molecule has 3 rings (SSSR count). The average molecular weight is 542 g/mol. The van der Waals surface area contributed by atoms with Gasteiger partial charge in [0.1, 0.15) is 6.54 Å². The van der Waals surface area contributed by atoms with Crippen LogP contribution in [0.1, 0.15) is 22.5 Å². The molecule has 0 aliphatic carbocycles. The molecule has 1 heterocycles.